The van der Waals surface area contributed by atoms with Crippen LogP contribution in [0.4, 0.5) is 8.78 Å². The fourth-order valence-electron chi connectivity index (χ4n) is 3.53. The summed E-state index contributed by atoms with van der Waals surface area (Å²) in [7, 11) is 1.64. The zero-order valence-electron chi connectivity index (χ0n) is 16.0. The van der Waals surface area contributed by atoms with Crippen molar-refractivity contribution in [1.29, 1.82) is 0 Å². The molecular weight excluding hydrogens is 358 g/mol. The molecule has 0 aliphatic heterocycles. The second kappa shape index (κ2) is 9.52. The number of hydrogen-bond donors (Lipinski definition) is 1. The number of aliphatic hydroxyl groups excluding tert-OH is 1. The molecule has 0 fully saturated rings. The lowest BCUT2D eigenvalue weighted by atomic mass is 9.92. The lowest BCUT2D eigenvalue weighted by Gasteiger charge is -2.12. The number of fused-ring (bicyclic) bond motifs is 1. The van der Waals surface area contributed by atoms with E-state index in [0.717, 1.165) is 53.4 Å². The largest absolute Gasteiger partial charge is 0.497 e. The highest BCUT2D eigenvalue weighted by Gasteiger charge is 2.19. The SMILES string of the molecule is COc1ccc2c(c1)CCCC(c1cc(F)cc(F)c1)=C2C#CCCCCO. The molecule has 0 amide bonds. The molecule has 2 aromatic carbocycles. The van der Waals surface area contributed by atoms with Crippen molar-refractivity contribution in [3.63, 3.8) is 0 Å². The first-order chi connectivity index (χ1) is 13.6. The first kappa shape index (κ1) is 20.1. The maximum absolute atomic E-state index is 13.9. The topological polar surface area (TPSA) is 29.5 Å². The average molecular weight is 382 g/mol. The van der Waals surface area contributed by atoms with Gasteiger partial charge in [-0.05, 0) is 84.7 Å². The first-order valence-electron chi connectivity index (χ1n) is 9.59. The van der Waals surface area contributed by atoms with E-state index in [1.165, 1.54) is 12.1 Å². The number of aryl methyl sites for hydroxylation is 1. The lowest BCUT2D eigenvalue weighted by molar-refractivity contribution is 0.285. The smallest absolute Gasteiger partial charge is 0.126 e. The van der Waals surface area contributed by atoms with Gasteiger partial charge in [0.15, 0.2) is 0 Å². The van der Waals surface area contributed by atoms with Crippen molar-refractivity contribution in [1.82, 2.24) is 0 Å². The Kier molecular flexibility index (Phi) is 6.84. The van der Waals surface area contributed by atoms with Gasteiger partial charge in [-0.15, -0.1) is 0 Å². The van der Waals surface area contributed by atoms with E-state index in [-0.39, 0.29) is 6.61 Å². The summed E-state index contributed by atoms with van der Waals surface area (Å²) < 4.78 is 33.1. The minimum atomic E-state index is -0.586. The Labute approximate surface area is 164 Å². The van der Waals surface area contributed by atoms with E-state index in [9.17, 15) is 8.78 Å². The molecule has 2 aromatic rings. The number of rotatable bonds is 5. The van der Waals surface area contributed by atoms with Gasteiger partial charge in [0.05, 0.1) is 7.11 Å². The summed E-state index contributed by atoms with van der Waals surface area (Å²) in [6, 6.07) is 9.52. The van der Waals surface area contributed by atoms with Gasteiger partial charge in [0.2, 0.25) is 0 Å². The van der Waals surface area contributed by atoms with Gasteiger partial charge >= 0.3 is 0 Å². The first-order valence-corrected chi connectivity index (χ1v) is 9.59. The van der Waals surface area contributed by atoms with Crippen LogP contribution in [0.3, 0.4) is 0 Å². The Morgan fingerprint density at radius 1 is 1.04 bits per heavy atom. The highest BCUT2D eigenvalue weighted by molar-refractivity contribution is 5.99. The summed E-state index contributed by atoms with van der Waals surface area (Å²) in [5, 5.41) is 8.93. The molecule has 0 saturated heterocycles. The second-order valence-corrected chi connectivity index (χ2v) is 6.87. The molecule has 2 nitrogen and oxygen atoms in total. The molecular formula is C24H24F2O2. The number of halogens is 2. The van der Waals surface area contributed by atoms with Gasteiger partial charge in [-0.25, -0.2) is 8.78 Å². The van der Waals surface area contributed by atoms with Crippen molar-refractivity contribution in [2.75, 3.05) is 13.7 Å². The van der Waals surface area contributed by atoms with Crippen LogP contribution in [0.25, 0.3) is 11.1 Å². The third kappa shape index (κ3) is 4.79. The predicted molar refractivity (Wildman–Crippen MR) is 108 cm³/mol. The van der Waals surface area contributed by atoms with Gasteiger partial charge in [-0.1, -0.05) is 11.8 Å². The molecule has 1 aliphatic rings. The molecule has 1 N–H and O–H groups in total. The van der Waals surface area contributed by atoms with Gasteiger partial charge in [0.1, 0.15) is 17.4 Å². The van der Waals surface area contributed by atoms with Gasteiger partial charge in [-0.3, -0.25) is 0 Å². The van der Waals surface area contributed by atoms with E-state index in [2.05, 4.69) is 11.8 Å². The quantitative estimate of drug-likeness (QED) is 0.555. The predicted octanol–water partition coefficient (Wildman–Crippen LogP) is 5.39. The Bertz CT molecular complexity index is 915. The Morgan fingerprint density at radius 3 is 2.54 bits per heavy atom. The molecule has 0 atom stereocenters. The number of allylic oxidation sites excluding steroid dienone is 2. The number of ether oxygens (including phenoxy) is 1. The summed E-state index contributed by atoms with van der Waals surface area (Å²) in [5.74, 6) is 6.06. The van der Waals surface area contributed by atoms with E-state index in [4.69, 9.17) is 9.84 Å². The van der Waals surface area contributed by atoms with Crippen LogP contribution in [0, 0.1) is 23.5 Å². The van der Waals surface area contributed by atoms with Crippen LogP contribution in [0.15, 0.2) is 36.4 Å². The molecule has 0 radical (unpaired) electrons. The molecule has 0 saturated carbocycles. The molecule has 4 heteroatoms. The van der Waals surface area contributed by atoms with Crippen molar-refractivity contribution in [3.05, 3.63) is 64.7 Å². The summed E-state index contributed by atoms with van der Waals surface area (Å²) in [6.07, 6.45) is 4.60. The maximum Gasteiger partial charge on any atom is 0.126 e. The summed E-state index contributed by atoms with van der Waals surface area (Å²) in [5.41, 5.74) is 4.36. The number of aliphatic hydroxyl groups is 1. The summed E-state index contributed by atoms with van der Waals surface area (Å²) in [4.78, 5) is 0. The van der Waals surface area contributed by atoms with Crippen LogP contribution in [-0.2, 0) is 6.42 Å². The van der Waals surface area contributed by atoms with Crippen LogP contribution >= 0.6 is 0 Å². The molecule has 146 valence electrons. The number of methoxy groups -OCH3 is 1. The zero-order valence-corrected chi connectivity index (χ0v) is 16.0. The number of benzene rings is 2. The standard InChI is InChI=1S/C24H24F2O2/c1-28-21-10-11-23-17(15-21)7-6-9-22(18-13-19(25)16-20(26)14-18)24(23)8-4-2-3-5-12-27/h10-11,13-16,27H,2-3,5-7,9,12H2,1H3. The molecule has 0 unspecified atom stereocenters. The number of hydrogen-bond acceptors (Lipinski definition) is 2. The number of unbranched alkanes of at least 4 members (excludes halogenated alkanes) is 2. The third-order valence-corrected chi connectivity index (χ3v) is 4.89. The van der Waals surface area contributed by atoms with Crippen LogP contribution < -0.4 is 4.74 Å². The fourth-order valence-corrected chi connectivity index (χ4v) is 3.53. The highest BCUT2D eigenvalue weighted by atomic mass is 19.1. The van der Waals surface area contributed by atoms with Crippen molar-refractivity contribution >= 4 is 11.1 Å². The normalized spacial score (nSPS) is 13.4. The third-order valence-electron chi connectivity index (χ3n) is 4.89. The molecule has 0 aromatic heterocycles. The van der Waals surface area contributed by atoms with Crippen molar-refractivity contribution < 1.29 is 18.6 Å². The van der Waals surface area contributed by atoms with E-state index >= 15 is 0 Å². The van der Waals surface area contributed by atoms with E-state index in [1.807, 2.05) is 18.2 Å². The Morgan fingerprint density at radius 2 is 1.82 bits per heavy atom. The molecule has 28 heavy (non-hydrogen) atoms. The molecule has 3 rings (SSSR count). The van der Waals surface area contributed by atoms with Gasteiger partial charge in [0, 0.05) is 24.7 Å². The summed E-state index contributed by atoms with van der Waals surface area (Å²) in [6.45, 7) is 0.154. The monoisotopic (exact) mass is 382 g/mol. The van der Waals surface area contributed by atoms with E-state index in [1.54, 1.807) is 7.11 Å². The summed E-state index contributed by atoms with van der Waals surface area (Å²) >= 11 is 0. The fraction of sp³-hybridized carbons (Fsp3) is 0.333. The van der Waals surface area contributed by atoms with Crippen LogP contribution in [0.2, 0.25) is 0 Å². The molecule has 0 bridgehead atoms. The van der Waals surface area contributed by atoms with E-state index < -0.39 is 11.6 Å². The Balaban J connectivity index is 2.12. The second-order valence-electron chi connectivity index (χ2n) is 6.87. The Hall–Kier alpha value is -2.64. The molecule has 1 aliphatic carbocycles. The minimum absolute atomic E-state index is 0.154. The van der Waals surface area contributed by atoms with Crippen molar-refractivity contribution in [2.24, 2.45) is 0 Å². The van der Waals surface area contributed by atoms with E-state index in [0.29, 0.717) is 24.8 Å². The van der Waals surface area contributed by atoms with Crippen LogP contribution in [0.5, 0.6) is 5.75 Å². The van der Waals surface area contributed by atoms with Crippen molar-refractivity contribution in [3.8, 4) is 17.6 Å². The van der Waals surface area contributed by atoms with Crippen LogP contribution in [0.1, 0.15) is 48.8 Å². The minimum Gasteiger partial charge on any atom is -0.497 e. The van der Waals surface area contributed by atoms with Gasteiger partial charge < -0.3 is 9.84 Å². The van der Waals surface area contributed by atoms with Gasteiger partial charge in [0.25, 0.3) is 0 Å². The highest BCUT2D eigenvalue weighted by Crippen LogP contribution is 2.37. The molecule has 0 spiro atoms. The van der Waals surface area contributed by atoms with Crippen LogP contribution in [-0.4, -0.2) is 18.8 Å². The lowest BCUT2D eigenvalue weighted by Crippen LogP contribution is -1.95. The molecule has 0 heterocycles. The average Bonchev–Trinajstić information content (AvgIpc) is 2.86. The zero-order chi connectivity index (χ0) is 19.9. The van der Waals surface area contributed by atoms with Crippen molar-refractivity contribution in [2.45, 2.75) is 38.5 Å². The van der Waals surface area contributed by atoms with Gasteiger partial charge in [-0.2, -0.15) is 0 Å². The maximum atomic E-state index is 13.9.